The number of aromatic nitrogens is 1. The zero-order chi connectivity index (χ0) is 11.5. The first kappa shape index (κ1) is 10.9. The minimum absolute atomic E-state index is 0.140. The summed E-state index contributed by atoms with van der Waals surface area (Å²) in [6.45, 7) is -0.140. The first-order valence-corrected chi connectivity index (χ1v) is 5.46. The summed E-state index contributed by atoms with van der Waals surface area (Å²) in [6.07, 6.45) is 1.65. The van der Waals surface area contributed by atoms with E-state index in [0.717, 1.165) is 15.2 Å². The average molecular weight is 281 g/mol. The Morgan fingerprint density at radius 1 is 1.38 bits per heavy atom. The molecule has 0 aliphatic heterocycles. The van der Waals surface area contributed by atoms with Crippen LogP contribution in [-0.4, -0.2) is 22.6 Å². The van der Waals surface area contributed by atoms with E-state index in [2.05, 4.69) is 26.2 Å². The van der Waals surface area contributed by atoms with Crippen LogP contribution in [0.3, 0.4) is 0 Å². The van der Waals surface area contributed by atoms with E-state index in [9.17, 15) is 4.79 Å². The maximum atomic E-state index is 10.5. The van der Waals surface area contributed by atoms with Gasteiger partial charge in [-0.1, -0.05) is 28.1 Å². The number of carboxylic acid groups (broad SMARTS) is 1. The fourth-order valence-corrected chi connectivity index (χ4v) is 1.97. The van der Waals surface area contributed by atoms with E-state index in [1.54, 1.807) is 6.20 Å². The molecule has 2 N–H and O–H groups in total. The smallest absolute Gasteiger partial charge is 0.322 e. The lowest BCUT2D eigenvalue weighted by Gasteiger charge is -2.07. The van der Waals surface area contributed by atoms with E-state index in [0.29, 0.717) is 5.82 Å². The number of anilines is 1. The highest BCUT2D eigenvalue weighted by atomic mass is 79.9. The predicted octanol–water partition coefficient (Wildman–Crippen LogP) is 2.49. The van der Waals surface area contributed by atoms with Crippen LogP contribution in [0.1, 0.15) is 0 Å². The number of carbonyl (C=O) groups is 1. The maximum Gasteiger partial charge on any atom is 0.322 e. The zero-order valence-electron chi connectivity index (χ0n) is 8.27. The van der Waals surface area contributed by atoms with E-state index in [1.807, 2.05) is 24.3 Å². The first-order chi connectivity index (χ1) is 7.68. The van der Waals surface area contributed by atoms with Crippen LogP contribution in [0, 0.1) is 0 Å². The van der Waals surface area contributed by atoms with E-state index in [-0.39, 0.29) is 6.54 Å². The maximum absolute atomic E-state index is 10.5. The van der Waals surface area contributed by atoms with Gasteiger partial charge in [0.25, 0.3) is 0 Å². The third kappa shape index (κ3) is 2.14. The van der Waals surface area contributed by atoms with Gasteiger partial charge in [0.15, 0.2) is 0 Å². The molecule has 1 aromatic carbocycles. The summed E-state index contributed by atoms with van der Waals surface area (Å²) in [5, 5.41) is 13.3. The Hall–Kier alpha value is -1.62. The molecule has 1 heterocycles. The molecule has 0 amide bonds. The third-order valence-corrected chi connectivity index (χ3v) is 2.85. The van der Waals surface area contributed by atoms with Crippen LogP contribution >= 0.6 is 15.9 Å². The Labute approximate surface area is 100 Å². The van der Waals surface area contributed by atoms with Crippen molar-refractivity contribution in [3.8, 4) is 0 Å². The molecule has 0 unspecified atom stereocenters. The number of benzene rings is 1. The molecule has 5 heteroatoms. The van der Waals surface area contributed by atoms with Gasteiger partial charge in [0.2, 0.25) is 0 Å². The third-order valence-electron chi connectivity index (χ3n) is 2.16. The molecule has 82 valence electrons. The number of fused-ring (bicyclic) bond motifs is 1. The summed E-state index contributed by atoms with van der Waals surface area (Å²) in [6, 6.07) is 7.60. The summed E-state index contributed by atoms with van der Waals surface area (Å²) in [5.74, 6) is -0.324. The van der Waals surface area contributed by atoms with E-state index < -0.39 is 5.97 Å². The van der Waals surface area contributed by atoms with Gasteiger partial charge in [0.1, 0.15) is 12.4 Å². The molecule has 0 spiro atoms. The minimum Gasteiger partial charge on any atom is -0.480 e. The quantitative estimate of drug-likeness (QED) is 0.907. The van der Waals surface area contributed by atoms with E-state index >= 15 is 0 Å². The molecule has 16 heavy (non-hydrogen) atoms. The van der Waals surface area contributed by atoms with Crippen molar-refractivity contribution in [2.75, 3.05) is 11.9 Å². The van der Waals surface area contributed by atoms with Crippen molar-refractivity contribution in [2.24, 2.45) is 0 Å². The molecule has 0 saturated heterocycles. The predicted molar refractivity (Wildman–Crippen MR) is 65.6 cm³/mol. The summed E-state index contributed by atoms with van der Waals surface area (Å²) >= 11 is 3.44. The molecule has 0 aliphatic carbocycles. The lowest BCUT2D eigenvalue weighted by molar-refractivity contribution is -0.134. The lowest BCUT2D eigenvalue weighted by atomic mass is 10.1. The van der Waals surface area contributed by atoms with Crippen molar-refractivity contribution in [1.29, 1.82) is 0 Å². The van der Waals surface area contributed by atoms with Crippen molar-refractivity contribution in [3.05, 3.63) is 34.9 Å². The largest absolute Gasteiger partial charge is 0.480 e. The number of pyridine rings is 1. The Kier molecular flexibility index (Phi) is 3.05. The molecule has 0 radical (unpaired) electrons. The molecular weight excluding hydrogens is 272 g/mol. The Morgan fingerprint density at radius 2 is 2.19 bits per heavy atom. The second kappa shape index (κ2) is 4.49. The van der Waals surface area contributed by atoms with Crippen LogP contribution in [-0.2, 0) is 4.79 Å². The normalized spacial score (nSPS) is 10.3. The summed E-state index contributed by atoms with van der Waals surface area (Å²) < 4.78 is 0.964. The second-order valence-electron chi connectivity index (χ2n) is 3.24. The van der Waals surface area contributed by atoms with E-state index in [4.69, 9.17) is 5.11 Å². The van der Waals surface area contributed by atoms with Crippen LogP contribution in [0.5, 0.6) is 0 Å². The van der Waals surface area contributed by atoms with Crippen molar-refractivity contribution in [2.45, 2.75) is 0 Å². The second-order valence-corrected chi connectivity index (χ2v) is 4.10. The fraction of sp³-hybridized carbons (Fsp3) is 0.0909. The summed E-state index contributed by atoms with van der Waals surface area (Å²) in [7, 11) is 0. The van der Waals surface area contributed by atoms with Gasteiger partial charge in [-0.15, -0.1) is 0 Å². The highest BCUT2D eigenvalue weighted by Gasteiger charge is 2.05. The number of hydrogen-bond acceptors (Lipinski definition) is 3. The molecule has 4 nitrogen and oxygen atoms in total. The number of nitrogens with zero attached hydrogens (tertiary/aromatic N) is 1. The highest BCUT2D eigenvalue weighted by Crippen LogP contribution is 2.27. The SMILES string of the molecule is O=C(O)CNc1nccc2c(Br)cccc12. The monoisotopic (exact) mass is 280 g/mol. The van der Waals surface area contributed by atoms with Gasteiger partial charge in [0.05, 0.1) is 0 Å². The fourth-order valence-electron chi connectivity index (χ4n) is 1.47. The molecule has 0 bridgehead atoms. The van der Waals surface area contributed by atoms with Crippen molar-refractivity contribution in [1.82, 2.24) is 4.98 Å². The molecular formula is C11H9BrN2O2. The Balaban J connectivity index is 2.45. The minimum atomic E-state index is -0.909. The molecule has 0 saturated carbocycles. The van der Waals surface area contributed by atoms with Gasteiger partial charge in [0, 0.05) is 21.4 Å². The molecule has 1 aromatic heterocycles. The Bertz CT molecular complexity index is 542. The molecule has 2 rings (SSSR count). The van der Waals surface area contributed by atoms with Crippen molar-refractivity contribution >= 4 is 38.5 Å². The van der Waals surface area contributed by atoms with Crippen LogP contribution < -0.4 is 5.32 Å². The number of nitrogens with one attached hydrogen (secondary N) is 1. The highest BCUT2D eigenvalue weighted by molar-refractivity contribution is 9.10. The van der Waals surface area contributed by atoms with Crippen LogP contribution in [0.4, 0.5) is 5.82 Å². The molecule has 0 fully saturated rings. The van der Waals surface area contributed by atoms with Gasteiger partial charge in [-0.25, -0.2) is 4.98 Å². The van der Waals surface area contributed by atoms with E-state index in [1.165, 1.54) is 0 Å². The van der Waals surface area contributed by atoms with Crippen molar-refractivity contribution in [3.63, 3.8) is 0 Å². The number of hydrogen-bond donors (Lipinski definition) is 2. The van der Waals surface area contributed by atoms with Gasteiger partial charge in [-0.2, -0.15) is 0 Å². The zero-order valence-corrected chi connectivity index (χ0v) is 9.86. The average Bonchev–Trinajstić information content (AvgIpc) is 2.27. The van der Waals surface area contributed by atoms with Gasteiger partial charge in [-0.3, -0.25) is 4.79 Å². The molecule has 2 aromatic rings. The van der Waals surface area contributed by atoms with Gasteiger partial charge in [-0.05, 0) is 12.1 Å². The van der Waals surface area contributed by atoms with Crippen LogP contribution in [0.2, 0.25) is 0 Å². The lowest BCUT2D eigenvalue weighted by Crippen LogP contribution is -2.13. The van der Waals surface area contributed by atoms with Gasteiger partial charge >= 0.3 is 5.97 Å². The van der Waals surface area contributed by atoms with Crippen molar-refractivity contribution < 1.29 is 9.90 Å². The van der Waals surface area contributed by atoms with Crippen LogP contribution in [0.15, 0.2) is 34.9 Å². The topological polar surface area (TPSA) is 62.2 Å². The van der Waals surface area contributed by atoms with Gasteiger partial charge < -0.3 is 10.4 Å². The number of carboxylic acids is 1. The Morgan fingerprint density at radius 3 is 2.94 bits per heavy atom. The van der Waals surface area contributed by atoms with Crippen LogP contribution in [0.25, 0.3) is 10.8 Å². The summed E-state index contributed by atoms with van der Waals surface area (Å²) in [5.41, 5.74) is 0. The number of halogens is 1. The molecule has 0 aliphatic rings. The number of rotatable bonds is 3. The number of aliphatic carboxylic acids is 1. The summed E-state index contributed by atoms with van der Waals surface area (Å²) in [4.78, 5) is 14.6. The standard InChI is InChI=1S/C11H9BrN2O2/c12-9-3-1-2-8-7(9)4-5-13-11(8)14-6-10(15)16/h1-5H,6H2,(H,13,14)(H,15,16). The first-order valence-electron chi connectivity index (χ1n) is 4.67. The molecule has 0 atom stereocenters.